The summed E-state index contributed by atoms with van der Waals surface area (Å²) in [4.78, 5) is 40.7. The van der Waals surface area contributed by atoms with Crippen LogP contribution in [0.5, 0.6) is 0 Å². The highest BCUT2D eigenvalue weighted by Crippen LogP contribution is 2.21. The lowest BCUT2D eigenvalue weighted by Gasteiger charge is -2.06. The Labute approximate surface area is 145 Å². The van der Waals surface area contributed by atoms with Gasteiger partial charge >= 0.3 is 5.69 Å². The van der Waals surface area contributed by atoms with Crippen LogP contribution in [0.3, 0.4) is 0 Å². The number of carbonyl (C=O) groups excluding carboxylic acids is 1. The van der Waals surface area contributed by atoms with Crippen molar-refractivity contribution in [3.05, 3.63) is 56.5 Å². The molecule has 3 rings (SSSR count). The molecule has 9 heteroatoms. The Balaban J connectivity index is 1.94. The molecule has 7 nitrogen and oxygen atoms in total. The second-order valence-corrected chi connectivity index (χ2v) is 6.49. The number of hydrogen-bond acceptors (Lipinski definition) is 5. The monoisotopic (exact) mass is 362 g/mol. The molecule has 0 saturated carbocycles. The number of Topliss-reactive ketones (excluding diaryl/α,β-unsaturated/α-hetero) is 1. The van der Waals surface area contributed by atoms with Gasteiger partial charge in [0, 0.05) is 26.7 Å². The largest absolute Gasteiger partial charge is 0.332 e. The Morgan fingerprint density at radius 3 is 2.36 bits per heavy atom. The van der Waals surface area contributed by atoms with E-state index < -0.39 is 17.1 Å². The Bertz CT molecular complexity index is 1100. The number of aromatic nitrogens is 4. The van der Waals surface area contributed by atoms with E-state index in [1.807, 2.05) is 0 Å². The van der Waals surface area contributed by atoms with Gasteiger partial charge in [-0.05, 0) is 24.3 Å². The fraction of sp³-hybridized carbons (Fsp3) is 0.250. The van der Waals surface area contributed by atoms with Crippen molar-refractivity contribution in [2.24, 2.45) is 21.1 Å². The molecule has 0 spiro atoms. The van der Waals surface area contributed by atoms with Gasteiger partial charge < -0.3 is 4.57 Å². The third kappa shape index (κ3) is 2.91. The van der Waals surface area contributed by atoms with E-state index in [-0.39, 0.29) is 17.1 Å². The normalized spacial score (nSPS) is 11.2. The van der Waals surface area contributed by atoms with E-state index in [1.165, 1.54) is 35.9 Å². The van der Waals surface area contributed by atoms with Gasteiger partial charge in [-0.3, -0.25) is 18.7 Å². The molecule has 0 aliphatic rings. The average molecular weight is 362 g/mol. The number of hydrogen-bond donors (Lipinski definition) is 0. The van der Waals surface area contributed by atoms with Crippen molar-refractivity contribution >= 4 is 28.7 Å². The molecule has 3 aromatic rings. The van der Waals surface area contributed by atoms with Crippen LogP contribution < -0.4 is 11.2 Å². The Kier molecular flexibility index (Phi) is 4.34. The van der Waals surface area contributed by atoms with Gasteiger partial charge in [0.2, 0.25) is 0 Å². The number of imidazole rings is 1. The highest BCUT2D eigenvalue weighted by atomic mass is 32.2. The van der Waals surface area contributed by atoms with Crippen molar-refractivity contribution in [3.8, 4) is 0 Å². The van der Waals surface area contributed by atoms with Crippen LogP contribution in [0.1, 0.15) is 10.4 Å². The smallest absolute Gasteiger partial charge is 0.308 e. The van der Waals surface area contributed by atoms with Crippen molar-refractivity contribution in [3.63, 3.8) is 0 Å². The minimum Gasteiger partial charge on any atom is -0.308 e. The van der Waals surface area contributed by atoms with E-state index in [9.17, 15) is 18.8 Å². The Morgan fingerprint density at radius 2 is 1.72 bits per heavy atom. The fourth-order valence-electron chi connectivity index (χ4n) is 2.54. The average Bonchev–Trinajstić information content (AvgIpc) is 2.93. The van der Waals surface area contributed by atoms with E-state index in [4.69, 9.17) is 0 Å². The number of aryl methyl sites for hydroxylation is 2. The molecule has 0 aliphatic heterocycles. The quantitative estimate of drug-likeness (QED) is 0.513. The lowest BCUT2D eigenvalue weighted by Crippen LogP contribution is -2.37. The number of ketones is 1. The van der Waals surface area contributed by atoms with E-state index in [1.54, 1.807) is 18.7 Å². The summed E-state index contributed by atoms with van der Waals surface area (Å²) in [5.74, 6) is -0.507. The minimum absolute atomic E-state index is 0.0804. The number of carbonyl (C=O) groups is 1. The van der Waals surface area contributed by atoms with Gasteiger partial charge in [0.25, 0.3) is 5.56 Å². The summed E-state index contributed by atoms with van der Waals surface area (Å²) in [5, 5.41) is 0.448. The van der Waals surface area contributed by atoms with Crippen LogP contribution in [0, 0.1) is 5.82 Å². The summed E-state index contributed by atoms with van der Waals surface area (Å²) in [6.45, 7) is 0. The molecule has 0 saturated heterocycles. The summed E-state index contributed by atoms with van der Waals surface area (Å²) in [5.41, 5.74) is 0.0366. The van der Waals surface area contributed by atoms with Crippen molar-refractivity contribution in [1.82, 2.24) is 18.7 Å². The van der Waals surface area contributed by atoms with Crippen LogP contribution in [0.25, 0.3) is 11.2 Å². The summed E-state index contributed by atoms with van der Waals surface area (Å²) in [6, 6.07) is 5.30. The predicted octanol–water partition coefficient (Wildman–Crippen LogP) is 1.08. The first-order valence-corrected chi connectivity index (χ1v) is 8.34. The standard InChI is InChI=1S/C16H15FN4O3S/c1-19-13-12(14(23)21(3)16(24)20(13)2)18-15(19)25-8-11(22)9-4-6-10(17)7-5-9/h4-7H,8H2,1-3H3. The zero-order chi connectivity index (χ0) is 18.3. The molecule has 130 valence electrons. The van der Waals surface area contributed by atoms with Crippen LogP contribution in [0.2, 0.25) is 0 Å². The number of rotatable bonds is 4. The van der Waals surface area contributed by atoms with Gasteiger partial charge in [-0.2, -0.15) is 0 Å². The maximum atomic E-state index is 12.9. The molecule has 0 bridgehead atoms. The molecule has 0 fully saturated rings. The molecule has 2 aromatic heterocycles. The summed E-state index contributed by atoms with van der Waals surface area (Å²) >= 11 is 1.15. The molecule has 0 aliphatic carbocycles. The van der Waals surface area contributed by atoms with Crippen LogP contribution >= 0.6 is 11.8 Å². The maximum Gasteiger partial charge on any atom is 0.332 e. The van der Waals surface area contributed by atoms with Crippen LogP contribution in [-0.4, -0.2) is 30.2 Å². The number of benzene rings is 1. The van der Waals surface area contributed by atoms with E-state index in [0.29, 0.717) is 16.4 Å². The van der Waals surface area contributed by atoms with Gasteiger partial charge in [-0.25, -0.2) is 14.2 Å². The summed E-state index contributed by atoms with van der Waals surface area (Å²) in [6.07, 6.45) is 0. The molecule has 0 unspecified atom stereocenters. The van der Waals surface area contributed by atoms with Crippen molar-refractivity contribution in [1.29, 1.82) is 0 Å². The van der Waals surface area contributed by atoms with Gasteiger partial charge in [0.15, 0.2) is 22.1 Å². The Hall–Kier alpha value is -2.68. The molecule has 25 heavy (non-hydrogen) atoms. The van der Waals surface area contributed by atoms with Crippen molar-refractivity contribution < 1.29 is 9.18 Å². The summed E-state index contributed by atoms with van der Waals surface area (Å²) < 4.78 is 16.9. The maximum absolute atomic E-state index is 12.9. The molecular formula is C16H15FN4O3S. The highest BCUT2D eigenvalue weighted by Gasteiger charge is 2.18. The summed E-state index contributed by atoms with van der Waals surface area (Å²) in [7, 11) is 4.63. The highest BCUT2D eigenvalue weighted by molar-refractivity contribution is 7.99. The lowest BCUT2D eigenvalue weighted by molar-refractivity contribution is 0.102. The second-order valence-electron chi connectivity index (χ2n) is 5.55. The molecular weight excluding hydrogens is 347 g/mol. The third-order valence-corrected chi connectivity index (χ3v) is 4.95. The van der Waals surface area contributed by atoms with Crippen LogP contribution in [0.4, 0.5) is 4.39 Å². The zero-order valence-electron chi connectivity index (χ0n) is 13.8. The lowest BCUT2D eigenvalue weighted by atomic mass is 10.1. The predicted molar refractivity (Wildman–Crippen MR) is 92.7 cm³/mol. The van der Waals surface area contributed by atoms with E-state index in [2.05, 4.69) is 4.98 Å². The van der Waals surface area contributed by atoms with Crippen LogP contribution in [0.15, 0.2) is 39.0 Å². The van der Waals surface area contributed by atoms with Gasteiger partial charge in [0.1, 0.15) is 5.82 Å². The molecule has 0 atom stereocenters. The number of thioether (sulfide) groups is 1. The van der Waals surface area contributed by atoms with Crippen molar-refractivity contribution in [2.45, 2.75) is 5.16 Å². The molecule has 0 N–H and O–H groups in total. The molecule has 1 aromatic carbocycles. The number of halogens is 1. The Morgan fingerprint density at radius 1 is 1.08 bits per heavy atom. The fourth-order valence-corrected chi connectivity index (χ4v) is 3.40. The zero-order valence-corrected chi connectivity index (χ0v) is 14.6. The SMILES string of the molecule is Cn1c(=O)c2nc(SCC(=O)c3ccc(F)cc3)n(C)c2n(C)c1=O. The van der Waals surface area contributed by atoms with Crippen LogP contribution in [-0.2, 0) is 21.1 Å². The first kappa shape index (κ1) is 17.2. The third-order valence-electron chi connectivity index (χ3n) is 3.92. The number of nitrogens with zero attached hydrogens (tertiary/aromatic N) is 4. The van der Waals surface area contributed by atoms with Gasteiger partial charge in [-0.1, -0.05) is 11.8 Å². The van der Waals surface area contributed by atoms with E-state index >= 15 is 0 Å². The minimum atomic E-state index is -0.481. The topological polar surface area (TPSA) is 78.9 Å². The van der Waals surface area contributed by atoms with Gasteiger partial charge in [0.05, 0.1) is 5.75 Å². The molecule has 0 amide bonds. The molecule has 0 radical (unpaired) electrons. The number of fused-ring (bicyclic) bond motifs is 1. The first-order chi connectivity index (χ1) is 11.8. The van der Waals surface area contributed by atoms with Crippen molar-refractivity contribution in [2.75, 3.05) is 5.75 Å². The molecule has 2 heterocycles. The second kappa shape index (κ2) is 6.32. The van der Waals surface area contributed by atoms with E-state index in [0.717, 1.165) is 16.3 Å². The first-order valence-electron chi connectivity index (χ1n) is 7.35. The van der Waals surface area contributed by atoms with Gasteiger partial charge in [-0.15, -0.1) is 0 Å².